The van der Waals surface area contributed by atoms with E-state index in [2.05, 4.69) is 33.8 Å². The van der Waals surface area contributed by atoms with Gasteiger partial charge in [-0.25, -0.2) is 19.1 Å². The van der Waals surface area contributed by atoms with Gasteiger partial charge in [-0.3, -0.25) is 0 Å². The Morgan fingerprint density at radius 2 is 1.73 bits per heavy atom. The first-order chi connectivity index (χ1) is 18.2. The molecule has 0 aliphatic carbocycles. The standard InChI is InChI=1S/C29H21FN6S/c1-18-25-26(24-15-8-16-37-24)35-23-14-6-5-13-22(23)32-27(31-20-10-7-9-19(30)17-20)29(35)33-28(25)36(34-18)21-11-3-2-4-12-21/h2-17,26H,1H3,(H,31,32)/t26-/m1/s1. The van der Waals surface area contributed by atoms with E-state index in [1.54, 1.807) is 17.4 Å². The summed E-state index contributed by atoms with van der Waals surface area (Å²) in [7, 11) is 0. The number of hydrogen-bond acceptors (Lipinski definition) is 6. The van der Waals surface area contributed by atoms with E-state index in [1.807, 2.05) is 66.2 Å². The first kappa shape index (κ1) is 21.7. The number of para-hydroxylation sites is 3. The first-order valence-electron chi connectivity index (χ1n) is 11.9. The Morgan fingerprint density at radius 3 is 2.54 bits per heavy atom. The number of benzene rings is 3. The van der Waals surface area contributed by atoms with Crippen LogP contribution in [0.15, 0.2) is 106 Å². The highest BCUT2D eigenvalue weighted by molar-refractivity contribution is 7.10. The molecule has 1 atom stereocenters. The van der Waals surface area contributed by atoms with Gasteiger partial charge in [-0.2, -0.15) is 5.10 Å². The topological polar surface area (TPSA) is 57.8 Å². The van der Waals surface area contributed by atoms with Crippen LogP contribution in [0.1, 0.15) is 22.2 Å². The maximum atomic E-state index is 14.1. The van der Waals surface area contributed by atoms with Gasteiger partial charge in [0.1, 0.15) is 11.9 Å². The minimum absolute atomic E-state index is 0.152. The zero-order chi connectivity index (χ0) is 24.9. The lowest BCUT2D eigenvalue weighted by Gasteiger charge is -2.40. The van der Waals surface area contributed by atoms with E-state index < -0.39 is 0 Å². The SMILES string of the molecule is Cc1nn(-c2ccccc2)c2c1[C@@H](c1cccs1)N1C(=N2)C(Nc2cccc(F)c2)=Nc2ccccc21. The molecule has 0 bridgehead atoms. The van der Waals surface area contributed by atoms with Gasteiger partial charge < -0.3 is 10.2 Å². The van der Waals surface area contributed by atoms with Crippen LogP contribution < -0.4 is 10.2 Å². The molecular weight excluding hydrogens is 483 g/mol. The molecule has 0 fully saturated rings. The molecule has 3 aromatic carbocycles. The molecule has 0 amide bonds. The van der Waals surface area contributed by atoms with Crippen LogP contribution in [0.2, 0.25) is 0 Å². The molecule has 7 rings (SSSR count). The molecule has 1 N–H and O–H groups in total. The van der Waals surface area contributed by atoms with E-state index in [0.29, 0.717) is 17.4 Å². The van der Waals surface area contributed by atoms with Gasteiger partial charge in [0, 0.05) is 16.1 Å². The smallest absolute Gasteiger partial charge is 0.179 e. The number of nitrogens with one attached hydrogen (secondary N) is 1. The van der Waals surface area contributed by atoms with Crippen molar-refractivity contribution < 1.29 is 4.39 Å². The first-order valence-corrected chi connectivity index (χ1v) is 12.8. The molecule has 180 valence electrons. The van der Waals surface area contributed by atoms with Gasteiger partial charge >= 0.3 is 0 Å². The number of thiophene rings is 1. The summed E-state index contributed by atoms with van der Waals surface area (Å²) >= 11 is 1.70. The van der Waals surface area contributed by atoms with Crippen molar-refractivity contribution in [3.8, 4) is 5.69 Å². The molecule has 0 radical (unpaired) electrons. The number of anilines is 2. The summed E-state index contributed by atoms with van der Waals surface area (Å²) < 4.78 is 15.9. The number of aryl methyl sites for hydroxylation is 1. The van der Waals surface area contributed by atoms with E-state index in [-0.39, 0.29) is 11.9 Å². The number of amidine groups is 2. The Kier molecular flexibility index (Phi) is 5.00. The average Bonchev–Trinajstić information content (AvgIpc) is 3.57. The Balaban J connectivity index is 1.49. The lowest BCUT2D eigenvalue weighted by Crippen LogP contribution is -2.46. The van der Waals surface area contributed by atoms with E-state index in [4.69, 9.17) is 15.1 Å². The number of aromatic nitrogens is 2. The van der Waals surface area contributed by atoms with E-state index >= 15 is 0 Å². The number of fused-ring (bicyclic) bond motifs is 4. The number of aliphatic imine (C=N–C) groups is 2. The van der Waals surface area contributed by atoms with Crippen LogP contribution in [0.25, 0.3) is 5.69 Å². The number of nitrogens with zero attached hydrogens (tertiary/aromatic N) is 5. The lowest BCUT2D eigenvalue weighted by molar-refractivity contribution is 0.628. The lowest BCUT2D eigenvalue weighted by atomic mass is 9.98. The average molecular weight is 505 g/mol. The maximum absolute atomic E-state index is 14.1. The van der Waals surface area contributed by atoms with Crippen molar-refractivity contribution in [2.24, 2.45) is 9.98 Å². The van der Waals surface area contributed by atoms with E-state index in [1.165, 1.54) is 17.0 Å². The van der Waals surface area contributed by atoms with Crippen LogP contribution >= 0.6 is 11.3 Å². The summed E-state index contributed by atoms with van der Waals surface area (Å²) in [4.78, 5) is 13.5. The summed E-state index contributed by atoms with van der Waals surface area (Å²) in [6.45, 7) is 2.04. The van der Waals surface area contributed by atoms with Crippen LogP contribution in [0.3, 0.4) is 0 Å². The summed E-state index contributed by atoms with van der Waals surface area (Å²) in [5.41, 5.74) is 5.28. The molecule has 37 heavy (non-hydrogen) atoms. The molecule has 2 aliphatic rings. The fraction of sp³-hybridized carbons (Fsp3) is 0.0690. The van der Waals surface area contributed by atoms with Gasteiger partial charge in [0.25, 0.3) is 0 Å². The van der Waals surface area contributed by atoms with Crippen molar-refractivity contribution >= 4 is 45.9 Å². The number of rotatable bonds is 3. The fourth-order valence-corrected chi connectivity index (χ4v) is 5.79. The third kappa shape index (κ3) is 3.56. The third-order valence-electron chi connectivity index (χ3n) is 6.54. The molecule has 0 saturated carbocycles. The number of hydrogen-bond donors (Lipinski definition) is 1. The van der Waals surface area contributed by atoms with Crippen molar-refractivity contribution in [1.29, 1.82) is 0 Å². The van der Waals surface area contributed by atoms with Crippen LogP contribution in [0, 0.1) is 12.7 Å². The Hall–Kier alpha value is -4.56. The second-order valence-electron chi connectivity index (χ2n) is 8.88. The van der Waals surface area contributed by atoms with Crippen LogP contribution in [-0.2, 0) is 0 Å². The molecule has 6 nitrogen and oxygen atoms in total. The fourth-order valence-electron chi connectivity index (χ4n) is 4.97. The Morgan fingerprint density at radius 1 is 0.892 bits per heavy atom. The Bertz CT molecular complexity index is 1690. The van der Waals surface area contributed by atoms with E-state index in [9.17, 15) is 4.39 Å². The minimum Gasteiger partial charge on any atom is -0.337 e. The summed E-state index contributed by atoms with van der Waals surface area (Å²) in [6.07, 6.45) is 0. The van der Waals surface area contributed by atoms with Crippen LogP contribution in [0.5, 0.6) is 0 Å². The van der Waals surface area contributed by atoms with Gasteiger partial charge in [-0.15, -0.1) is 11.3 Å². The Labute approximate surface area is 217 Å². The second kappa shape index (κ2) is 8.53. The highest BCUT2D eigenvalue weighted by Gasteiger charge is 2.41. The van der Waals surface area contributed by atoms with Crippen LogP contribution in [0.4, 0.5) is 27.3 Å². The van der Waals surface area contributed by atoms with Gasteiger partial charge in [0.15, 0.2) is 17.5 Å². The zero-order valence-electron chi connectivity index (χ0n) is 19.8. The monoisotopic (exact) mass is 504 g/mol. The normalized spacial score (nSPS) is 15.8. The zero-order valence-corrected chi connectivity index (χ0v) is 20.7. The van der Waals surface area contributed by atoms with Gasteiger partial charge in [-0.05, 0) is 60.8 Å². The summed E-state index contributed by atoms with van der Waals surface area (Å²) in [5, 5.41) is 10.4. The van der Waals surface area contributed by atoms with Crippen molar-refractivity contribution in [2.75, 3.05) is 10.2 Å². The molecule has 0 unspecified atom stereocenters. The molecule has 4 heterocycles. The summed E-state index contributed by atoms with van der Waals surface area (Å²) in [5.74, 6) is 1.66. The number of halogens is 1. The highest BCUT2D eigenvalue weighted by atomic mass is 32.1. The highest BCUT2D eigenvalue weighted by Crippen LogP contribution is 2.49. The molecule has 0 spiro atoms. The minimum atomic E-state index is -0.319. The molecule has 0 saturated heterocycles. The predicted molar refractivity (Wildman–Crippen MR) is 148 cm³/mol. The van der Waals surface area contributed by atoms with Gasteiger partial charge in [-0.1, -0.05) is 42.5 Å². The molecule has 8 heteroatoms. The second-order valence-corrected chi connectivity index (χ2v) is 9.86. The van der Waals surface area contributed by atoms with Crippen molar-refractivity contribution in [1.82, 2.24) is 9.78 Å². The largest absolute Gasteiger partial charge is 0.337 e. The third-order valence-corrected chi connectivity index (χ3v) is 7.46. The van der Waals surface area contributed by atoms with Gasteiger partial charge in [0.2, 0.25) is 0 Å². The summed E-state index contributed by atoms with van der Waals surface area (Å²) in [6, 6.07) is 28.5. The quantitative estimate of drug-likeness (QED) is 0.283. The van der Waals surface area contributed by atoms with Gasteiger partial charge in [0.05, 0.1) is 22.8 Å². The van der Waals surface area contributed by atoms with Crippen molar-refractivity contribution in [3.05, 3.63) is 118 Å². The van der Waals surface area contributed by atoms with Crippen molar-refractivity contribution in [2.45, 2.75) is 13.0 Å². The molecular formula is C29H21FN6S. The van der Waals surface area contributed by atoms with E-state index in [0.717, 1.165) is 34.1 Å². The maximum Gasteiger partial charge on any atom is 0.179 e. The molecule has 2 aliphatic heterocycles. The van der Waals surface area contributed by atoms with Crippen LogP contribution in [-0.4, -0.2) is 21.5 Å². The van der Waals surface area contributed by atoms with Crippen molar-refractivity contribution in [3.63, 3.8) is 0 Å². The molecule has 5 aromatic rings. The molecule has 2 aromatic heterocycles. The predicted octanol–water partition coefficient (Wildman–Crippen LogP) is 7.18.